The van der Waals surface area contributed by atoms with E-state index in [1.54, 1.807) is 0 Å². The molecular formula is C12H18N8. The van der Waals surface area contributed by atoms with Gasteiger partial charge in [0.25, 0.3) is 0 Å². The van der Waals surface area contributed by atoms with Crippen molar-refractivity contribution in [3.8, 4) is 0 Å². The molecule has 0 spiro atoms. The molecule has 1 aliphatic carbocycles. The van der Waals surface area contributed by atoms with E-state index in [0.29, 0.717) is 12.1 Å². The second kappa shape index (κ2) is 4.62. The van der Waals surface area contributed by atoms with E-state index in [1.807, 2.05) is 16.3 Å². The summed E-state index contributed by atoms with van der Waals surface area (Å²) in [4.78, 5) is 4.43. The van der Waals surface area contributed by atoms with Gasteiger partial charge in [-0.25, -0.2) is 14.3 Å². The monoisotopic (exact) mass is 274 g/mol. The summed E-state index contributed by atoms with van der Waals surface area (Å²) in [7, 11) is 0. The average Bonchev–Trinajstić information content (AvgIpc) is 3.05. The zero-order valence-electron chi connectivity index (χ0n) is 11.5. The Morgan fingerprint density at radius 1 is 1.30 bits per heavy atom. The Kier molecular flexibility index (Phi) is 2.76. The number of fused-ring (bicyclic) bond motifs is 1. The van der Waals surface area contributed by atoms with Crippen LogP contribution in [0.2, 0.25) is 0 Å². The highest BCUT2D eigenvalue weighted by Gasteiger charge is 2.28. The maximum absolute atomic E-state index is 4.43. The van der Waals surface area contributed by atoms with Crippen molar-refractivity contribution in [2.75, 3.05) is 0 Å². The molecule has 0 unspecified atom stereocenters. The van der Waals surface area contributed by atoms with Crippen LogP contribution in [0, 0.1) is 6.92 Å². The summed E-state index contributed by atoms with van der Waals surface area (Å²) >= 11 is 0. The second-order valence-electron chi connectivity index (χ2n) is 5.64. The molecule has 2 aliphatic rings. The fourth-order valence-corrected chi connectivity index (χ4v) is 2.77. The van der Waals surface area contributed by atoms with Gasteiger partial charge in [-0.3, -0.25) is 0 Å². The molecule has 20 heavy (non-hydrogen) atoms. The maximum atomic E-state index is 4.43. The van der Waals surface area contributed by atoms with Crippen molar-refractivity contribution < 1.29 is 0 Å². The van der Waals surface area contributed by atoms with Crippen LogP contribution >= 0.6 is 0 Å². The van der Waals surface area contributed by atoms with Crippen LogP contribution in [0.15, 0.2) is 0 Å². The van der Waals surface area contributed by atoms with E-state index in [9.17, 15) is 0 Å². The number of tetrazole rings is 1. The van der Waals surface area contributed by atoms with E-state index in [-0.39, 0.29) is 0 Å². The van der Waals surface area contributed by atoms with Crippen LogP contribution in [0.3, 0.4) is 0 Å². The quantitative estimate of drug-likeness (QED) is 0.845. The molecule has 0 amide bonds. The lowest BCUT2D eigenvalue weighted by atomic mass is 10.1. The number of hydrogen-bond acceptors (Lipinski definition) is 6. The average molecular weight is 274 g/mol. The molecule has 2 aromatic rings. The summed E-state index contributed by atoms with van der Waals surface area (Å²) < 4.78 is 3.97. The Morgan fingerprint density at radius 3 is 3.05 bits per heavy atom. The topological polar surface area (TPSA) is 86.3 Å². The van der Waals surface area contributed by atoms with Crippen LogP contribution in [-0.2, 0) is 19.5 Å². The number of hydrogen-bond donors (Lipinski definition) is 1. The molecule has 0 saturated heterocycles. The highest BCUT2D eigenvalue weighted by molar-refractivity contribution is 4.97. The molecule has 4 rings (SSSR count). The fourth-order valence-electron chi connectivity index (χ4n) is 2.77. The Labute approximate surface area is 116 Å². The van der Waals surface area contributed by atoms with Crippen LogP contribution in [0.1, 0.15) is 42.8 Å². The molecule has 0 aromatic carbocycles. The van der Waals surface area contributed by atoms with Gasteiger partial charge in [-0.15, -0.1) is 5.10 Å². The summed E-state index contributed by atoms with van der Waals surface area (Å²) in [6.45, 7) is 3.54. The first-order valence-corrected chi connectivity index (χ1v) is 7.20. The lowest BCUT2D eigenvalue weighted by Gasteiger charge is -2.23. The predicted octanol–water partition coefficient (Wildman–Crippen LogP) is 0.0125. The number of nitrogens with one attached hydrogen (secondary N) is 1. The highest BCUT2D eigenvalue weighted by atomic mass is 15.6. The molecule has 106 valence electrons. The third-order valence-electron chi connectivity index (χ3n) is 3.97. The van der Waals surface area contributed by atoms with Crippen molar-refractivity contribution in [2.45, 2.75) is 57.8 Å². The lowest BCUT2D eigenvalue weighted by Crippen LogP contribution is -2.38. The summed E-state index contributed by atoms with van der Waals surface area (Å²) in [5.41, 5.74) is 0. The van der Waals surface area contributed by atoms with Crippen molar-refractivity contribution in [3.63, 3.8) is 0 Å². The standard InChI is InChI=1S/C12H18N8/c1-8-14-11-5-2-9(7-19(11)16-8)13-6-12-15-17-18-20(12)10-3-4-10/h9-10,13H,2-7H2,1H3/t9-/m0/s1. The predicted molar refractivity (Wildman–Crippen MR) is 69.8 cm³/mol. The normalized spacial score (nSPS) is 21.9. The minimum atomic E-state index is 0.410. The Morgan fingerprint density at radius 2 is 2.20 bits per heavy atom. The number of rotatable bonds is 4. The van der Waals surface area contributed by atoms with Gasteiger partial charge in [-0.1, -0.05) is 0 Å². The van der Waals surface area contributed by atoms with Crippen molar-refractivity contribution in [2.24, 2.45) is 0 Å². The van der Waals surface area contributed by atoms with Crippen molar-refractivity contribution >= 4 is 0 Å². The minimum Gasteiger partial charge on any atom is -0.305 e. The Balaban J connectivity index is 1.39. The van der Waals surface area contributed by atoms with Gasteiger partial charge in [0.2, 0.25) is 0 Å². The Hall–Kier alpha value is -1.83. The van der Waals surface area contributed by atoms with E-state index in [0.717, 1.165) is 43.4 Å². The fraction of sp³-hybridized carbons (Fsp3) is 0.750. The first-order chi connectivity index (χ1) is 9.79. The van der Waals surface area contributed by atoms with Gasteiger partial charge in [0.1, 0.15) is 11.6 Å². The number of nitrogens with zero attached hydrogens (tertiary/aromatic N) is 7. The summed E-state index contributed by atoms with van der Waals surface area (Å²) in [6, 6.07) is 0.936. The maximum Gasteiger partial charge on any atom is 0.165 e. The van der Waals surface area contributed by atoms with Gasteiger partial charge in [-0.2, -0.15) is 5.10 Å². The van der Waals surface area contributed by atoms with E-state index < -0.39 is 0 Å². The second-order valence-corrected chi connectivity index (χ2v) is 5.64. The molecule has 8 heteroatoms. The molecule has 0 bridgehead atoms. The van der Waals surface area contributed by atoms with E-state index >= 15 is 0 Å². The first-order valence-electron chi connectivity index (χ1n) is 7.20. The lowest BCUT2D eigenvalue weighted by molar-refractivity contribution is 0.351. The van der Waals surface area contributed by atoms with Gasteiger partial charge < -0.3 is 5.32 Å². The molecule has 1 fully saturated rings. The SMILES string of the molecule is Cc1nc2n(n1)C[C@@H](NCc1nnnn1C1CC1)CC2. The molecule has 1 N–H and O–H groups in total. The zero-order chi connectivity index (χ0) is 13.5. The van der Waals surface area contributed by atoms with E-state index in [2.05, 4.69) is 30.9 Å². The molecule has 1 atom stereocenters. The molecule has 2 aromatic heterocycles. The number of aromatic nitrogens is 7. The summed E-state index contributed by atoms with van der Waals surface area (Å²) in [6.07, 6.45) is 4.46. The zero-order valence-corrected chi connectivity index (χ0v) is 11.5. The largest absolute Gasteiger partial charge is 0.305 e. The smallest absolute Gasteiger partial charge is 0.165 e. The van der Waals surface area contributed by atoms with E-state index in [1.165, 1.54) is 12.8 Å². The molecule has 3 heterocycles. The van der Waals surface area contributed by atoms with Gasteiger partial charge >= 0.3 is 0 Å². The Bertz CT molecular complexity index is 611. The van der Waals surface area contributed by atoms with Crippen molar-refractivity contribution in [1.82, 2.24) is 40.3 Å². The molecule has 1 aliphatic heterocycles. The van der Waals surface area contributed by atoms with Gasteiger partial charge in [-0.05, 0) is 36.6 Å². The van der Waals surface area contributed by atoms with Crippen LogP contribution < -0.4 is 5.32 Å². The van der Waals surface area contributed by atoms with Crippen LogP contribution in [0.25, 0.3) is 0 Å². The first kappa shape index (κ1) is 12.0. The third kappa shape index (κ3) is 2.20. The van der Waals surface area contributed by atoms with Crippen LogP contribution in [-0.4, -0.2) is 41.0 Å². The van der Waals surface area contributed by atoms with Gasteiger partial charge in [0.05, 0.1) is 19.1 Å². The minimum absolute atomic E-state index is 0.410. The highest BCUT2D eigenvalue weighted by Crippen LogP contribution is 2.34. The van der Waals surface area contributed by atoms with Gasteiger partial charge in [0.15, 0.2) is 5.82 Å². The molecule has 8 nitrogen and oxygen atoms in total. The van der Waals surface area contributed by atoms with Crippen molar-refractivity contribution in [1.29, 1.82) is 0 Å². The number of aryl methyl sites for hydroxylation is 2. The molecule has 0 radical (unpaired) electrons. The summed E-state index contributed by atoms with van der Waals surface area (Å²) in [5, 5.41) is 19.9. The molecule has 1 saturated carbocycles. The van der Waals surface area contributed by atoms with Crippen LogP contribution in [0.5, 0.6) is 0 Å². The third-order valence-corrected chi connectivity index (χ3v) is 3.97. The van der Waals surface area contributed by atoms with Gasteiger partial charge in [0, 0.05) is 12.5 Å². The van der Waals surface area contributed by atoms with E-state index in [4.69, 9.17) is 0 Å². The summed E-state index contributed by atoms with van der Waals surface area (Å²) in [5.74, 6) is 2.90. The van der Waals surface area contributed by atoms with Crippen molar-refractivity contribution in [3.05, 3.63) is 17.5 Å². The van der Waals surface area contributed by atoms with Crippen LogP contribution in [0.4, 0.5) is 0 Å². The molecular weight excluding hydrogens is 256 g/mol.